The normalized spacial score (nSPS) is 9.95. The summed E-state index contributed by atoms with van der Waals surface area (Å²) in [6, 6.07) is 13.0. The van der Waals surface area contributed by atoms with E-state index in [-0.39, 0.29) is 17.8 Å². The molecule has 4 nitrogen and oxygen atoms in total. The first kappa shape index (κ1) is 14.5. The van der Waals surface area contributed by atoms with Crippen LogP contribution >= 0.6 is 0 Å². The Hall–Kier alpha value is -2.87. The highest BCUT2D eigenvalue weighted by molar-refractivity contribution is 5.94. The maximum atomic E-state index is 13.7. The Morgan fingerprint density at radius 1 is 1.33 bits per heavy atom. The van der Waals surface area contributed by atoms with Crippen LogP contribution < -0.4 is 5.73 Å². The third-order valence-corrected chi connectivity index (χ3v) is 3.05. The first-order valence-corrected chi connectivity index (χ1v) is 6.31. The van der Waals surface area contributed by atoms with E-state index in [2.05, 4.69) is 0 Å². The van der Waals surface area contributed by atoms with E-state index in [1.165, 1.54) is 17.0 Å². The van der Waals surface area contributed by atoms with Crippen molar-refractivity contribution in [3.05, 3.63) is 65.0 Å². The number of nitrogen functional groups attached to an aromatic ring is 1. The Morgan fingerprint density at radius 2 is 2.10 bits per heavy atom. The van der Waals surface area contributed by atoms with Gasteiger partial charge < -0.3 is 10.6 Å². The van der Waals surface area contributed by atoms with Gasteiger partial charge in [-0.15, -0.1) is 0 Å². The van der Waals surface area contributed by atoms with Gasteiger partial charge in [-0.25, -0.2) is 4.39 Å². The highest BCUT2D eigenvalue weighted by Gasteiger charge is 2.16. The summed E-state index contributed by atoms with van der Waals surface area (Å²) in [5, 5.41) is 8.85. The van der Waals surface area contributed by atoms with Crippen molar-refractivity contribution in [1.82, 2.24) is 4.90 Å². The monoisotopic (exact) mass is 283 g/mol. The fourth-order valence-electron chi connectivity index (χ4n) is 2.00. The van der Waals surface area contributed by atoms with Crippen LogP contribution in [-0.4, -0.2) is 17.9 Å². The van der Waals surface area contributed by atoms with Gasteiger partial charge in [0.15, 0.2) is 0 Å². The predicted octanol–water partition coefficient (Wildman–Crippen LogP) is 2.55. The number of carbonyl (C=O) groups is 1. The molecule has 0 saturated heterocycles. The Labute approximate surface area is 122 Å². The molecule has 0 saturated carbocycles. The van der Waals surface area contributed by atoms with Gasteiger partial charge in [-0.3, -0.25) is 4.79 Å². The van der Waals surface area contributed by atoms with Crippen molar-refractivity contribution in [2.45, 2.75) is 6.54 Å². The average Bonchev–Trinajstić information content (AvgIpc) is 2.46. The van der Waals surface area contributed by atoms with Crippen LogP contribution in [0.2, 0.25) is 0 Å². The molecule has 0 bridgehead atoms. The van der Waals surface area contributed by atoms with Crippen LogP contribution in [0.5, 0.6) is 0 Å². The molecular weight excluding hydrogens is 269 g/mol. The van der Waals surface area contributed by atoms with Crippen molar-refractivity contribution in [2.24, 2.45) is 0 Å². The second-order valence-electron chi connectivity index (χ2n) is 4.71. The van der Waals surface area contributed by atoms with Gasteiger partial charge in [-0.05, 0) is 35.9 Å². The van der Waals surface area contributed by atoms with E-state index < -0.39 is 11.7 Å². The van der Waals surface area contributed by atoms with Gasteiger partial charge in [0.05, 0.1) is 17.2 Å². The number of carbonyl (C=O) groups excluding carboxylic acids is 1. The Balaban J connectivity index is 2.17. The molecule has 0 atom stereocenters. The van der Waals surface area contributed by atoms with Crippen LogP contribution in [0.3, 0.4) is 0 Å². The number of anilines is 1. The zero-order chi connectivity index (χ0) is 15.4. The van der Waals surface area contributed by atoms with Crippen LogP contribution in [0.4, 0.5) is 10.1 Å². The van der Waals surface area contributed by atoms with E-state index in [1.807, 2.05) is 12.1 Å². The van der Waals surface area contributed by atoms with Crippen LogP contribution in [0, 0.1) is 17.1 Å². The molecule has 2 aromatic rings. The van der Waals surface area contributed by atoms with E-state index in [4.69, 9.17) is 11.0 Å². The molecule has 106 valence electrons. The van der Waals surface area contributed by atoms with Crippen LogP contribution in [0.15, 0.2) is 42.5 Å². The van der Waals surface area contributed by atoms with Gasteiger partial charge in [0.25, 0.3) is 5.91 Å². The quantitative estimate of drug-likeness (QED) is 0.880. The molecule has 0 fully saturated rings. The van der Waals surface area contributed by atoms with E-state index in [0.29, 0.717) is 5.56 Å². The molecule has 0 aliphatic carbocycles. The lowest BCUT2D eigenvalue weighted by Crippen LogP contribution is -2.27. The number of nitrogens with two attached hydrogens (primary N) is 1. The summed E-state index contributed by atoms with van der Waals surface area (Å²) in [4.78, 5) is 13.6. The second kappa shape index (κ2) is 6.06. The maximum absolute atomic E-state index is 13.7. The van der Waals surface area contributed by atoms with Crippen molar-refractivity contribution >= 4 is 11.6 Å². The summed E-state index contributed by atoms with van der Waals surface area (Å²) in [6.45, 7) is 0.290. The lowest BCUT2D eigenvalue weighted by molar-refractivity contribution is 0.0780. The minimum atomic E-state index is -0.641. The summed E-state index contributed by atoms with van der Waals surface area (Å²) in [7, 11) is 1.58. The predicted molar refractivity (Wildman–Crippen MR) is 77.8 cm³/mol. The minimum Gasteiger partial charge on any atom is -0.399 e. The molecule has 2 aromatic carbocycles. The summed E-state index contributed by atoms with van der Waals surface area (Å²) < 4.78 is 13.7. The van der Waals surface area contributed by atoms with Crippen LogP contribution in [0.1, 0.15) is 21.5 Å². The molecule has 0 radical (unpaired) electrons. The molecule has 0 aromatic heterocycles. The number of nitrogens with zero attached hydrogens (tertiary/aromatic N) is 2. The third-order valence-electron chi connectivity index (χ3n) is 3.05. The van der Waals surface area contributed by atoms with Gasteiger partial charge in [-0.1, -0.05) is 12.1 Å². The summed E-state index contributed by atoms with van der Waals surface area (Å²) >= 11 is 0. The number of hydrogen-bond donors (Lipinski definition) is 1. The number of amides is 1. The molecule has 0 heterocycles. The van der Waals surface area contributed by atoms with Crippen LogP contribution in [0.25, 0.3) is 0 Å². The molecule has 0 aliphatic heterocycles. The molecule has 0 aliphatic rings. The minimum absolute atomic E-state index is 0.0249. The van der Waals surface area contributed by atoms with Gasteiger partial charge >= 0.3 is 0 Å². The molecule has 2 N–H and O–H groups in total. The fraction of sp³-hybridized carbons (Fsp3) is 0.125. The molecule has 5 heteroatoms. The zero-order valence-corrected chi connectivity index (χ0v) is 11.5. The van der Waals surface area contributed by atoms with Crippen LogP contribution in [-0.2, 0) is 6.54 Å². The Morgan fingerprint density at radius 3 is 2.76 bits per heavy atom. The summed E-state index contributed by atoms with van der Waals surface area (Å²) in [5.41, 5.74) is 7.04. The van der Waals surface area contributed by atoms with E-state index in [9.17, 15) is 9.18 Å². The third kappa shape index (κ3) is 3.37. The summed E-state index contributed by atoms with van der Waals surface area (Å²) in [5.74, 6) is -1.08. The van der Waals surface area contributed by atoms with E-state index in [1.54, 1.807) is 25.2 Å². The molecule has 2 rings (SSSR count). The van der Waals surface area contributed by atoms with Crippen molar-refractivity contribution in [3.63, 3.8) is 0 Å². The van der Waals surface area contributed by atoms with Crippen molar-refractivity contribution in [3.8, 4) is 6.07 Å². The first-order valence-electron chi connectivity index (χ1n) is 6.31. The Kier molecular flexibility index (Phi) is 4.19. The SMILES string of the molecule is CN(Cc1cccc(C#N)c1)C(=O)c1ccc(N)cc1F. The number of hydrogen-bond acceptors (Lipinski definition) is 3. The second-order valence-corrected chi connectivity index (χ2v) is 4.71. The number of nitriles is 1. The molecule has 0 unspecified atom stereocenters. The number of benzene rings is 2. The topological polar surface area (TPSA) is 70.1 Å². The molecular formula is C16H14FN3O. The first-order chi connectivity index (χ1) is 10.0. The van der Waals surface area contributed by atoms with Gasteiger partial charge in [0.2, 0.25) is 0 Å². The smallest absolute Gasteiger partial charge is 0.256 e. The van der Waals surface area contributed by atoms with Crippen molar-refractivity contribution < 1.29 is 9.18 Å². The zero-order valence-electron chi connectivity index (χ0n) is 11.5. The Bertz CT molecular complexity index is 722. The lowest BCUT2D eigenvalue weighted by atomic mass is 10.1. The van der Waals surface area contributed by atoms with Gasteiger partial charge in [0.1, 0.15) is 5.82 Å². The van der Waals surface area contributed by atoms with Crippen molar-refractivity contribution in [2.75, 3.05) is 12.8 Å². The average molecular weight is 283 g/mol. The number of rotatable bonds is 3. The standard InChI is InChI=1S/C16H14FN3O/c1-20(10-12-4-2-3-11(7-12)9-18)16(21)14-6-5-13(19)8-15(14)17/h2-8H,10,19H2,1H3. The van der Waals surface area contributed by atoms with Gasteiger partial charge in [-0.2, -0.15) is 5.26 Å². The number of halogens is 1. The lowest BCUT2D eigenvalue weighted by Gasteiger charge is -2.18. The maximum Gasteiger partial charge on any atom is 0.256 e. The largest absolute Gasteiger partial charge is 0.399 e. The van der Waals surface area contributed by atoms with Crippen molar-refractivity contribution in [1.29, 1.82) is 5.26 Å². The van der Waals surface area contributed by atoms with E-state index >= 15 is 0 Å². The molecule has 0 spiro atoms. The van der Waals surface area contributed by atoms with Gasteiger partial charge in [0, 0.05) is 19.3 Å². The molecule has 1 amide bonds. The fourth-order valence-corrected chi connectivity index (χ4v) is 2.00. The highest BCUT2D eigenvalue weighted by atomic mass is 19.1. The highest BCUT2D eigenvalue weighted by Crippen LogP contribution is 2.15. The summed E-state index contributed by atoms with van der Waals surface area (Å²) in [6.07, 6.45) is 0. The van der Waals surface area contributed by atoms with E-state index in [0.717, 1.165) is 11.6 Å². The molecule has 21 heavy (non-hydrogen) atoms.